The first-order valence-electron chi connectivity index (χ1n) is 7.22. The van der Waals surface area contributed by atoms with Crippen molar-refractivity contribution in [1.82, 2.24) is 10.2 Å². The van der Waals surface area contributed by atoms with E-state index in [0.717, 1.165) is 25.1 Å². The first kappa shape index (κ1) is 15.3. The van der Waals surface area contributed by atoms with Crippen LogP contribution < -0.4 is 19.5 Å². The van der Waals surface area contributed by atoms with E-state index >= 15 is 0 Å². The number of carbonyl (C=O) groups excluding carboxylic acids is 1. The molecule has 0 atom stereocenters. The van der Waals surface area contributed by atoms with Gasteiger partial charge in [-0.15, -0.1) is 0 Å². The number of nitrogens with zero attached hydrogens (tertiary/aromatic N) is 1. The fourth-order valence-corrected chi connectivity index (χ4v) is 1.93. The van der Waals surface area contributed by atoms with Gasteiger partial charge in [-0.05, 0) is 18.6 Å². The van der Waals surface area contributed by atoms with Crippen molar-refractivity contribution in [1.29, 1.82) is 0 Å². The SMILES string of the molecule is CCCCN(C)C(=O)NCCOc1ccc2c(c1)OCO2. The van der Waals surface area contributed by atoms with Crippen LogP contribution >= 0.6 is 0 Å². The Hall–Kier alpha value is -2.11. The zero-order valence-electron chi connectivity index (χ0n) is 12.6. The molecule has 1 aliphatic heterocycles. The number of hydrogen-bond acceptors (Lipinski definition) is 4. The van der Waals surface area contributed by atoms with Gasteiger partial charge in [-0.2, -0.15) is 0 Å². The van der Waals surface area contributed by atoms with Gasteiger partial charge in [-0.25, -0.2) is 4.79 Å². The van der Waals surface area contributed by atoms with Crippen LogP contribution in [0.1, 0.15) is 19.8 Å². The first-order valence-corrected chi connectivity index (χ1v) is 7.22. The molecule has 116 valence electrons. The number of carbonyl (C=O) groups is 1. The highest BCUT2D eigenvalue weighted by atomic mass is 16.7. The fourth-order valence-electron chi connectivity index (χ4n) is 1.93. The Balaban J connectivity index is 1.66. The van der Waals surface area contributed by atoms with E-state index in [1.807, 2.05) is 12.1 Å². The lowest BCUT2D eigenvalue weighted by molar-refractivity contribution is 0.173. The highest BCUT2D eigenvalue weighted by Gasteiger charge is 2.13. The van der Waals surface area contributed by atoms with Crippen molar-refractivity contribution in [2.24, 2.45) is 0 Å². The van der Waals surface area contributed by atoms with Crippen molar-refractivity contribution in [3.05, 3.63) is 18.2 Å². The van der Waals surface area contributed by atoms with E-state index in [-0.39, 0.29) is 12.8 Å². The zero-order chi connectivity index (χ0) is 15.1. The van der Waals surface area contributed by atoms with Gasteiger partial charge in [0.25, 0.3) is 0 Å². The van der Waals surface area contributed by atoms with Gasteiger partial charge in [0.2, 0.25) is 6.79 Å². The average molecular weight is 294 g/mol. The van der Waals surface area contributed by atoms with E-state index in [1.165, 1.54) is 0 Å². The molecule has 1 aromatic carbocycles. The topological polar surface area (TPSA) is 60.0 Å². The second-order valence-corrected chi connectivity index (χ2v) is 4.87. The van der Waals surface area contributed by atoms with Gasteiger partial charge in [0.15, 0.2) is 11.5 Å². The van der Waals surface area contributed by atoms with E-state index < -0.39 is 0 Å². The van der Waals surface area contributed by atoms with Crippen molar-refractivity contribution in [3.63, 3.8) is 0 Å². The van der Waals surface area contributed by atoms with Crippen LogP contribution in [0, 0.1) is 0 Å². The maximum Gasteiger partial charge on any atom is 0.317 e. The fraction of sp³-hybridized carbons (Fsp3) is 0.533. The summed E-state index contributed by atoms with van der Waals surface area (Å²) in [7, 11) is 1.80. The molecule has 1 aliphatic rings. The summed E-state index contributed by atoms with van der Waals surface area (Å²) < 4.78 is 16.1. The second-order valence-electron chi connectivity index (χ2n) is 4.87. The minimum absolute atomic E-state index is 0.0715. The van der Waals surface area contributed by atoms with Gasteiger partial charge in [0.1, 0.15) is 12.4 Å². The molecule has 0 saturated heterocycles. The molecule has 0 fully saturated rings. The van der Waals surface area contributed by atoms with E-state index in [0.29, 0.717) is 24.7 Å². The van der Waals surface area contributed by atoms with Gasteiger partial charge in [0, 0.05) is 19.7 Å². The third kappa shape index (κ3) is 4.44. The van der Waals surface area contributed by atoms with Gasteiger partial charge in [0.05, 0.1) is 6.54 Å². The smallest absolute Gasteiger partial charge is 0.317 e. The molecule has 6 nitrogen and oxygen atoms in total. The predicted octanol–water partition coefficient (Wildman–Crippen LogP) is 2.24. The molecule has 6 heteroatoms. The van der Waals surface area contributed by atoms with Crippen LogP contribution in [0.5, 0.6) is 17.2 Å². The molecule has 0 radical (unpaired) electrons. The number of nitrogens with one attached hydrogen (secondary N) is 1. The maximum atomic E-state index is 11.7. The molecular formula is C15H22N2O4. The van der Waals surface area contributed by atoms with Crippen LogP contribution in [0.25, 0.3) is 0 Å². The average Bonchev–Trinajstić information content (AvgIpc) is 2.96. The standard InChI is InChI=1S/C15H22N2O4/c1-3-4-8-17(2)15(18)16-7-9-19-12-5-6-13-14(10-12)21-11-20-13/h5-6,10H,3-4,7-9,11H2,1-2H3,(H,16,18). The Morgan fingerprint density at radius 1 is 1.38 bits per heavy atom. The Labute approximate surface area is 125 Å². The number of amides is 2. The quantitative estimate of drug-likeness (QED) is 0.783. The summed E-state index contributed by atoms with van der Waals surface area (Å²) in [6.45, 7) is 3.99. The maximum absolute atomic E-state index is 11.7. The molecule has 0 unspecified atom stereocenters. The largest absolute Gasteiger partial charge is 0.492 e. The van der Waals surface area contributed by atoms with E-state index in [9.17, 15) is 4.79 Å². The minimum atomic E-state index is -0.0715. The number of fused-ring (bicyclic) bond motifs is 1. The van der Waals surface area contributed by atoms with Gasteiger partial charge in [-0.3, -0.25) is 0 Å². The highest BCUT2D eigenvalue weighted by molar-refractivity contribution is 5.73. The summed E-state index contributed by atoms with van der Waals surface area (Å²) >= 11 is 0. The predicted molar refractivity (Wildman–Crippen MR) is 79.0 cm³/mol. The number of urea groups is 1. The van der Waals surface area contributed by atoms with Crippen molar-refractivity contribution in [2.75, 3.05) is 33.5 Å². The Kier molecular flexibility index (Phi) is 5.54. The lowest BCUT2D eigenvalue weighted by Gasteiger charge is -2.17. The zero-order valence-corrected chi connectivity index (χ0v) is 12.6. The van der Waals surface area contributed by atoms with Crippen molar-refractivity contribution >= 4 is 6.03 Å². The molecule has 1 heterocycles. The van der Waals surface area contributed by atoms with Crippen molar-refractivity contribution < 1.29 is 19.0 Å². The molecule has 2 rings (SSSR count). The number of unbranched alkanes of at least 4 members (excludes halogenated alkanes) is 1. The Bertz CT molecular complexity index is 479. The van der Waals surface area contributed by atoms with Crippen LogP contribution in [-0.2, 0) is 0 Å². The summed E-state index contributed by atoms with van der Waals surface area (Å²) in [5.41, 5.74) is 0. The highest BCUT2D eigenvalue weighted by Crippen LogP contribution is 2.34. The minimum Gasteiger partial charge on any atom is -0.492 e. The molecule has 0 aliphatic carbocycles. The monoisotopic (exact) mass is 294 g/mol. The number of benzene rings is 1. The van der Waals surface area contributed by atoms with Gasteiger partial charge in [-0.1, -0.05) is 13.3 Å². The number of hydrogen-bond donors (Lipinski definition) is 1. The summed E-state index contributed by atoms with van der Waals surface area (Å²) in [5, 5.41) is 2.82. The van der Waals surface area contributed by atoms with Crippen molar-refractivity contribution in [2.45, 2.75) is 19.8 Å². The summed E-state index contributed by atoms with van der Waals surface area (Å²) in [4.78, 5) is 13.4. The molecular weight excluding hydrogens is 272 g/mol. The van der Waals surface area contributed by atoms with Crippen LogP contribution in [0.4, 0.5) is 4.79 Å². The summed E-state index contributed by atoms with van der Waals surface area (Å²) in [5.74, 6) is 2.12. The second kappa shape index (κ2) is 7.61. The van der Waals surface area contributed by atoms with Gasteiger partial charge >= 0.3 is 6.03 Å². The van der Waals surface area contributed by atoms with E-state index in [2.05, 4.69) is 12.2 Å². The first-order chi connectivity index (χ1) is 10.2. The number of ether oxygens (including phenoxy) is 3. The molecule has 0 spiro atoms. The van der Waals surface area contributed by atoms with E-state index in [4.69, 9.17) is 14.2 Å². The van der Waals surface area contributed by atoms with Crippen LogP contribution in [-0.4, -0.2) is 44.5 Å². The van der Waals surface area contributed by atoms with Crippen molar-refractivity contribution in [3.8, 4) is 17.2 Å². The van der Waals surface area contributed by atoms with E-state index in [1.54, 1.807) is 18.0 Å². The molecule has 1 N–H and O–H groups in total. The molecule has 0 saturated carbocycles. The molecule has 21 heavy (non-hydrogen) atoms. The van der Waals surface area contributed by atoms with Crippen LogP contribution in [0.15, 0.2) is 18.2 Å². The lowest BCUT2D eigenvalue weighted by Crippen LogP contribution is -2.39. The number of rotatable bonds is 7. The molecule has 0 aromatic heterocycles. The summed E-state index contributed by atoms with van der Waals surface area (Å²) in [6, 6.07) is 5.35. The Morgan fingerprint density at radius 3 is 3.00 bits per heavy atom. The van der Waals surface area contributed by atoms with Gasteiger partial charge < -0.3 is 24.4 Å². The summed E-state index contributed by atoms with van der Waals surface area (Å²) in [6.07, 6.45) is 2.09. The van der Waals surface area contributed by atoms with Crippen LogP contribution in [0.2, 0.25) is 0 Å². The normalized spacial score (nSPS) is 12.1. The third-order valence-corrected chi connectivity index (χ3v) is 3.18. The molecule has 1 aromatic rings. The third-order valence-electron chi connectivity index (χ3n) is 3.18. The Morgan fingerprint density at radius 2 is 2.19 bits per heavy atom. The lowest BCUT2D eigenvalue weighted by atomic mass is 10.3. The molecule has 2 amide bonds. The molecule has 0 bridgehead atoms. The van der Waals surface area contributed by atoms with Crippen LogP contribution in [0.3, 0.4) is 0 Å².